The molecular formula is C13H18N2O2. The predicted octanol–water partition coefficient (Wildman–Crippen LogP) is 1.85. The van der Waals surface area contributed by atoms with Gasteiger partial charge in [-0.2, -0.15) is 0 Å². The van der Waals surface area contributed by atoms with Crippen molar-refractivity contribution in [1.29, 1.82) is 0 Å². The van der Waals surface area contributed by atoms with Gasteiger partial charge in [-0.3, -0.25) is 4.79 Å². The third-order valence-corrected chi connectivity index (χ3v) is 3.28. The van der Waals surface area contributed by atoms with Gasteiger partial charge >= 0.3 is 0 Å². The van der Waals surface area contributed by atoms with E-state index in [4.69, 9.17) is 10.8 Å². The lowest BCUT2D eigenvalue weighted by molar-refractivity contribution is -0.120. The fourth-order valence-corrected chi connectivity index (χ4v) is 2.17. The van der Waals surface area contributed by atoms with Gasteiger partial charge in [0.2, 0.25) is 5.91 Å². The van der Waals surface area contributed by atoms with Gasteiger partial charge < -0.3 is 16.2 Å². The van der Waals surface area contributed by atoms with Gasteiger partial charge in [0, 0.05) is 17.6 Å². The molecule has 1 aliphatic rings. The van der Waals surface area contributed by atoms with Crippen LogP contribution in [0.3, 0.4) is 0 Å². The van der Waals surface area contributed by atoms with Crippen LogP contribution >= 0.6 is 0 Å². The van der Waals surface area contributed by atoms with Crippen molar-refractivity contribution >= 4 is 11.6 Å². The highest BCUT2D eigenvalue weighted by atomic mass is 16.3. The average molecular weight is 234 g/mol. The van der Waals surface area contributed by atoms with E-state index in [-0.39, 0.29) is 23.6 Å². The number of nitrogens with two attached hydrogens (primary N) is 1. The van der Waals surface area contributed by atoms with Crippen molar-refractivity contribution in [3.8, 4) is 5.75 Å². The molecule has 0 heterocycles. The summed E-state index contributed by atoms with van der Waals surface area (Å²) in [5.41, 5.74) is 6.53. The van der Waals surface area contributed by atoms with Crippen molar-refractivity contribution in [3.05, 3.63) is 24.3 Å². The number of aromatic hydroxyl groups is 1. The molecular weight excluding hydrogens is 216 g/mol. The van der Waals surface area contributed by atoms with Gasteiger partial charge in [0.25, 0.3) is 0 Å². The van der Waals surface area contributed by atoms with E-state index in [0.717, 1.165) is 31.4 Å². The van der Waals surface area contributed by atoms with Crippen LogP contribution in [0.4, 0.5) is 5.69 Å². The Labute approximate surface area is 101 Å². The molecule has 4 nitrogen and oxygen atoms in total. The number of amides is 1. The van der Waals surface area contributed by atoms with E-state index in [9.17, 15) is 4.79 Å². The molecule has 17 heavy (non-hydrogen) atoms. The minimum Gasteiger partial charge on any atom is -0.508 e. The van der Waals surface area contributed by atoms with E-state index < -0.39 is 0 Å². The van der Waals surface area contributed by atoms with Crippen LogP contribution in [0.15, 0.2) is 24.3 Å². The van der Waals surface area contributed by atoms with Crippen molar-refractivity contribution in [2.24, 2.45) is 11.7 Å². The van der Waals surface area contributed by atoms with Crippen molar-refractivity contribution in [1.82, 2.24) is 0 Å². The number of nitrogens with one attached hydrogen (secondary N) is 1. The first kappa shape index (κ1) is 11.9. The topological polar surface area (TPSA) is 75.4 Å². The van der Waals surface area contributed by atoms with E-state index in [1.165, 1.54) is 0 Å². The monoisotopic (exact) mass is 234 g/mol. The molecule has 0 atom stereocenters. The second-order valence-electron chi connectivity index (χ2n) is 4.65. The smallest absolute Gasteiger partial charge is 0.227 e. The SMILES string of the molecule is NC1CCC(C(=O)Nc2ccc(O)cc2)CC1. The molecule has 0 radical (unpaired) electrons. The van der Waals surface area contributed by atoms with Gasteiger partial charge in [0.1, 0.15) is 5.75 Å². The average Bonchev–Trinajstić information content (AvgIpc) is 2.33. The molecule has 0 saturated heterocycles. The van der Waals surface area contributed by atoms with Gasteiger partial charge in [-0.1, -0.05) is 0 Å². The van der Waals surface area contributed by atoms with E-state index in [1.54, 1.807) is 24.3 Å². The van der Waals surface area contributed by atoms with Gasteiger partial charge in [-0.15, -0.1) is 0 Å². The summed E-state index contributed by atoms with van der Waals surface area (Å²) >= 11 is 0. The minimum atomic E-state index is 0.0580. The number of phenolic OH excluding ortho intramolecular Hbond substituents is 1. The number of anilines is 1. The Morgan fingerprint density at radius 3 is 2.35 bits per heavy atom. The third-order valence-electron chi connectivity index (χ3n) is 3.28. The van der Waals surface area contributed by atoms with Gasteiger partial charge in [0.05, 0.1) is 0 Å². The van der Waals surface area contributed by atoms with Gasteiger partial charge in [-0.05, 0) is 49.9 Å². The zero-order valence-electron chi connectivity index (χ0n) is 9.73. The Bertz CT molecular complexity index is 381. The number of benzene rings is 1. The summed E-state index contributed by atoms with van der Waals surface area (Å²) in [5.74, 6) is 0.331. The second kappa shape index (κ2) is 5.19. The molecule has 1 aliphatic carbocycles. The van der Waals surface area contributed by atoms with Crippen LogP contribution in [0.5, 0.6) is 5.75 Å². The van der Waals surface area contributed by atoms with Crippen LogP contribution in [-0.4, -0.2) is 17.1 Å². The second-order valence-corrected chi connectivity index (χ2v) is 4.65. The summed E-state index contributed by atoms with van der Waals surface area (Å²) in [6, 6.07) is 6.77. The maximum absolute atomic E-state index is 11.9. The number of carbonyl (C=O) groups is 1. The van der Waals surface area contributed by atoms with Crippen molar-refractivity contribution in [2.45, 2.75) is 31.7 Å². The first-order valence-corrected chi connectivity index (χ1v) is 6.00. The summed E-state index contributed by atoms with van der Waals surface area (Å²) in [7, 11) is 0. The lowest BCUT2D eigenvalue weighted by Crippen LogP contribution is -2.32. The molecule has 92 valence electrons. The number of hydrogen-bond acceptors (Lipinski definition) is 3. The van der Waals surface area contributed by atoms with Crippen molar-refractivity contribution in [2.75, 3.05) is 5.32 Å². The van der Waals surface area contributed by atoms with Crippen LogP contribution in [0.25, 0.3) is 0 Å². The third kappa shape index (κ3) is 3.20. The molecule has 1 fully saturated rings. The van der Waals surface area contributed by atoms with Crippen molar-refractivity contribution < 1.29 is 9.90 Å². The number of hydrogen-bond donors (Lipinski definition) is 3. The molecule has 0 bridgehead atoms. The van der Waals surface area contributed by atoms with Crippen LogP contribution in [0.2, 0.25) is 0 Å². The van der Waals surface area contributed by atoms with Gasteiger partial charge in [-0.25, -0.2) is 0 Å². The number of phenols is 1. The highest BCUT2D eigenvalue weighted by Crippen LogP contribution is 2.24. The lowest BCUT2D eigenvalue weighted by atomic mass is 9.86. The molecule has 1 aromatic carbocycles. The maximum Gasteiger partial charge on any atom is 0.227 e. The molecule has 0 aliphatic heterocycles. The van der Waals surface area contributed by atoms with E-state index in [0.29, 0.717) is 0 Å². The molecule has 0 unspecified atom stereocenters. The minimum absolute atomic E-state index is 0.0580. The summed E-state index contributed by atoms with van der Waals surface area (Å²) in [5, 5.41) is 12.0. The normalized spacial score (nSPS) is 24.3. The first-order valence-electron chi connectivity index (χ1n) is 6.00. The lowest BCUT2D eigenvalue weighted by Gasteiger charge is -2.25. The molecule has 4 N–H and O–H groups in total. The first-order chi connectivity index (χ1) is 8.15. The molecule has 4 heteroatoms. The quantitative estimate of drug-likeness (QED) is 0.683. The maximum atomic E-state index is 11.9. The fourth-order valence-electron chi connectivity index (χ4n) is 2.17. The molecule has 1 saturated carbocycles. The molecule has 1 aromatic rings. The Hall–Kier alpha value is -1.55. The molecule has 2 rings (SSSR count). The Morgan fingerprint density at radius 2 is 1.76 bits per heavy atom. The zero-order valence-corrected chi connectivity index (χ0v) is 9.73. The van der Waals surface area contributed by atoms with Crippen molar-refractivity contribution in [3.63, 3.8) is 0 Å². The Balaban J connectivity index is 1.90. The number of carbonyl (C=O) groups excluding carboxylic acids is 1. The van der Waals surface area contributed by atoms with E-state index in [2.05, 4.69) is 5.32 Å². The highest BCUT2D eigenvalue weighted by Gasteiger charge is 2.24. The van der Waals surface area contributed by atoms with Gasteiger partial charge in [0.15, 0.2) is 0 Å². The molecule has 0 aromatic heterocycles. The molecule has 0 spiro atoms. The summed E-state index contributed by atoms with van der Waals surface area (Å²) in [6.45, 7) is 0. The summed E-state index contributed by atoms with van der Waals surface area (Å²) in [6.07, 6.45) is 3.58. The fraction of sp³-hybridized carbons (Fsp3) is 0.462. The molecule has 1 amide bonds. The van der Waals surface area contributed by atoms with Crippen LogP contribution < -0.4 is 11.1 Å². The summed E-state index contributed by atoms with van der Waals surface area (Å²) < 4.78 is 0. The Kier molecular flexibility index (Phi) is 3.64. The van der Waals surface area contributed by atoms with E-state index in [1.807, 2.05) is 0 Å². The van der Waals surface area contributed by atoms with Crippen LogP contribution in [-0.2, 0) is 4.79 Å². The largest absolute Gasteiger partial charge is 0.508 e. The highest BCUT2D eigenvalue weighted by molar-refractivity contribution is 5.92. The zero-order chi connectivity index (χ0) is 12.3. The number of rotatable bonds is 2. The van der Waals surface area contributed by atoms with Crippen LogP contribution in [0.1, 0.15) is 25.7 Å². The standard InChI is InChI=1S/C13H18N2O2/c14-10-3-1-9(2-4-10)13(17)15-11-5-7-12(16)8-6-11/h5-10,16H,1-4,14H2,(H,15,17). The van der Waals surface area contributed by atoms with E-state index >= 15 is 0 Å². The Morgan fingerprint density at radius 1 is 1.18 bits per heavy atom. The summed E-state index contributed by atoms with van der Waals surface area (Å²) in [4.78, 5) is 11.9. The predicted molar refractivity (Wildman–Crippen MR) is 66.7 cm³/mol. The van der Waals surface area contributed by atoms with Crippen LogP contribution in [0, 0.1) is 5.92 Å².